The Labute approximate surface area is 138 Å². The van der Waals surface area contributed by atoms with Crippen molar-refractivity contribution in [3.63, 3.8) is 0 Å². The van der Waals surface area contributed by atoms with Gasteiger partial charge in [-0.05, 0) is 48.5 Å². The van der Waals surface area contributed by atoms with Crippen LogP contribution in [0.1, 0.15) is 25.0 Å². The SMILES string of the molecule is CCOc1cc2c(cc1CNc1ccc3nnnn3n1)OC(C)C2. The van der Waals surface area contributed by atoms with Gasteiger partial charge in [0, 0.05) is 24.1 Å². The molecular weight excluding hydrogens is 308 g/mol. The summed E-state index contributed by atoms with van der Waals surface area (Å²) in [6, 6.07) is 7.79. The van der Waals surface area contributed by atoms with Crippen molar-refractivity contribution in [3.8, 4) is 11.5 Å². The maximum absolute atomic E-state index is 5.85. The monoisotopic (exact) mass is 326 g/mol. The molecule has 3 aromatic rings. The van der Waals surface area contributed by atoms with Gasteiger partial charge in [0.15, 0.2) is 5.65 Å². The largest absolute Gasteiger partial charge is 0.494 e. The highest BCUT2D eigenvalue weighted by Gasteiger charge is 2.21. The van der Waals surface area contributed by atoms with Crippen molar-refractivity contribution in [2.24, 2.45) is 0 Å². The summed E-state index contributed by atoms with van der Waals surface area (Å²) >= 11 is 0. The lowest BCUT2D eigenvalue weighted by Crippen LogP contribution is -2.07. The number of nitrogens with one attached hydrogen (secondary N) is 1. The summed E-state index contributed by atoms with van der Waals surface area (Å²) in [5.41, 5.74) is 2.83. The van der Waals surface area contributed by atoms with Crippen LogP contribution in [0.3, 0.4) is 0 Å². The van der Waals surface area contributed by atoms with Gasteiger partial charge in [-0.25, -0.2) is 0 Å². The molecule has 2 aromatic heterocycles. The highest BCUT2D eigenvalue weighted by atomic mass is 16.5. The second kappa shape index (κ2) is 5.95. The van der Waals surface area contributed by atoms with Gasteiger partial charge in [-0.2, -0.15) is 0 Å². The van der Waals surface area contributed by atoms with Crippen molar-refractivity contribution in [1.82, 2.24) is 25.3 Å². The third kappa shape index (κ3) is 2.70. The Morgan fingerprint density at radius 2 is 2.29 bits per heavy atom. The minimum atomic E-state index is 0.210. The molecule has 0 spiro atoms. The molecule has 8 nitrogen and oxygen atoms in total. The van der Waals surface area contributed by atoms with E-state index in [1.54, 1.807) is 0 Å². The smallest absolute Gasteiger partial charge is 0.200 e. The van der Waals surface area contributed by atoms with E-state index in [1.807, 2.05) is 25.1 Å². The van der Waals surface area contributed by atoms with Gasteiger partial charge < -0.3 is 14.8 Å². The van der Waals surface area contributed by atoms with E-state index in [1.165, 1.54) is 10.2 Å². The van der Waals surface area contributed by atoms with E-state index in [0.29, 0.717) is 24.6 Å². The average Bonchev–Trinajstić information content (AvgIpc) is 3.17. The molecule has 0 saturated carbocycles. The lowest BCUT2D eigenvalue weighted by atomic mass is 10.1. The molecule has 0 saturated heterocycles. The topological polar surface area (TPSA) is 86.5 Å². The number of aromatic nitrogens is 5. The van der Waals surface area contributed by atoms with Gasteiger partial charge in [-0.1, -0.05) is 0 Å². The molecule has 8 heteroatoms. The van der Waals surface area contributed by atoms with Crippen LogP contribution in [0, 0.1) is 0 Å². The fraction of sp³-hybridized carbons (Fsp3) is 0.375. The molecule has 1 unspecified atom stereocenters. The fourth-order valence-electron chi connectivity index (χ4n) is 2.84. The lowest BCUT2D eigenvalue weighted by Gasteiger charge is -2.13. The first-order valence-electron chi connectivity index (χ1n) is 7.97. The Kier molecular flexibility index (Phi) is 3.64. The number of ether oxygens (including phenoxy) is 2. The van der Waals surface area contributed by atoms with Gasteiger partial charge in [0.25, 0.3) is 0 Å². The van der Waals surface area contributed by atoms with E-state index in [4.69, 9.17) is 9.47 Å². The molecule has 0 radical (unpaired) electrons. The molecule has 1 aliphatic rings. The van der Waals surface area contributed by atoms with E-state index in [2.05, 4.69) is 38.9 Å². The van der Waals surface area contributed by atoms with Gasteiger partial charge >= 0.3 is 0 Å². The molecule has 0 amide bonds. The number of rotatable bonds is 5. The molecule has 24 heavy (non-hydrogen) atoms. The summed E-state index contributed by atoms with van der Waals surface area (Å²) < 4.78 is 13.0. The molecule has 1 aromatic carbocycles. The first-order valence-corrected chi connectivity index (χ1v) is 7.97. The van der Waals surface area contributed by atoms with Crippen LogP contribution >= 0.6 is 0 Å². The van der Waals surface area contributed by atoms with E-state index >= 15 is 0 Å². The van der Waals surface area contributed by atoms with Crippen LogP contribution in [0.2, 0.25) is 0 Å². The first-order chi connectivity index (χ1) is 11.7. The number of tetrazole rings is 1. The van der Waals surface area contributed by atoms with Crippen molar-refractivity contribution >= 4 is 11.5 Å². The maximum atomic E-state index is 5.85. The number of benzene rings is 1. The summed E-state index contributed by atoms with van der Waals surface area (Å²) in [6.45, 7) is 5.25. The molecule has 0 fully saturated rings. The number of nitrogens with zero attached hydrogens (tertiary/aromatic N) is 5. The quantitative estimate of drug-likeness (QED) is 0.765. The van der Waals surface area contributed by atoms with E-state index in [-0.39, 0.29) is 6.10 Å². The second-order valence-electron chi connectivity index (χ2n) is 5.73. The van der Waals surface area contributed by atoms with Gasteiger partial charge in [0.1, 0.15) is 23.4 Å². The summed E-state index contributed by atoms with van der Waals surface area (Å²) in [7, 11) is 0. The lowest BCUT2D eigenvalue weighted by molar-refractivity contribution is 0.254. The highest BCUT2D eigenvalue weighted by molar-refractivity contribution is 5.50. The van der Waals surface area contributed by atoms with Gasteiger partial charge in [0.2, 0.25) is 0 Å². The van der Waals surface area contributed by atoms with E-state index in [0.717, 1.165) is 23.5 Å². The zero-order valence-electron chi connectivity index (χ0n) is 13.6. The minimum absolute atomic E-state index is 0.210. The average molecular weight is 326 g/mol. The number of anilines is 1. The Balaban J connectivity index is 1.57. The Bertz CT molecular complexity index is 878. The second-order valence-corrected chi connectivity index (χ2v) is 5.73. The van der Waals surface area contributed by atoms with Crippen LogP contribution in [0.5, 0.6) is 11.5 Å². The van der Waals surface area contributed by atoms with Gasteiger partial charge in [0.05, 0.1) is 6.61 Å². The van der Waals surface area contributed by atoms with Crippen molar-refractivity contribution < 1.29 is 9.47 Å². The van der Waals surface area contributed by atoms with E-state index < -0.39 is 0 Å². The normalized spacial score (nSPS) is 16.0. The third-order valence-electron chi connectivity index (χ3n) is 3.91. The standard InChI is InChI=1S/C16H18N6O2/c1-3-23-13-7-11-6-10(2)24-14(11)8-12(13)9-17-15-4-5-16-18-20-21-22(16)19-15/h4-5,7-8,10H,3,6,9H2,1-2H3,(H,17,19). The van der Waals surface area contributed by atoms with Gasteiger partial charge in [-0.3, -0.25) is 0 Å². The molecule has 0 bridgehead atoms. The predicted octanol–water partition coefficient (Wildman–Crippen LogP) is 1.85. The van der Waals surface area contributed by atoms with Crippen LogP contribution in [-0.4, -0.2) is 38.0 Å². The maximum Gasteiger partial charge on any atom is 0.200 e. The zero-order valence-corrected chi connectivity index (χ0v) is 13.6. The van der Waals surface area contributed by atoms with Crippen molar-refractivity contribution in [3.05, 3.63) is 35.4 Å². The zero-order chi connectivity index (χ0) is 16.5. The molecule has 1 aliphatic heterocycles. The first kappa shape index (κ1) is 14.7. The van der Waals surface area contributed by atoms with Crippen LogP contribution in [0.4, 0.5) is 5.82 Å². The number of fused-ring (bicyclic) bond motifs is 2. The number of hydrogen-bond donors (Lipinski definition) is 1. The summed E-state index contributed by atoms with van der Waals surface area (Å²) in [4.78, 5) is 0. The molecule has 4 rings (SSSR count). The Morgan fingerprint density at radius 1 is 1.38 bits per heavy atom. The van der Waals surface area contributed by atoms with Crippen LogP contribution in [-0.2, 0) is 13.0 Å². The van der Waals surface area contributed by atoms with Crippen molar-refractivity contribution in [2.75, 3.05) is 11.9 Å². The Morgan fingerprint density at radius 3 is 3.17 bits per heavy atom. The van der Waals surface area contributed by atoms with Crippen LogP contribution in [0.25, 0.3) is 5.65 Å². The number of hydrogen-bond acceptors (Lipinski definition) is 7. The molecule has 1 atom stereocenters. The molecule has 3 heterocycles. The fourth-order valence-corrected chi connectivity index (χ4v) is 2.84. The molecule has 124 valence electrons. The molecule has 1 N–H and O–H groups in total. The molecule has 0 aliphatic carbocycles. The van der Waals surface area contributed by atoms with Crippen molar-refractivity contribution in [2.45, 2.75) is 32.9 Å². The van der Waals surface area contributed by atoms with E-state index in [9.17, 15) is 0 Å². The predicted molar refractivity (Wildman–Crippen MR) is 87.3 cm³/mol. The summed E-state index contributed by atoms with van der Waals surface area (Å²) in [5.74, 6) is 2.50. The third-order valence-corrected chi connectivity index (χ3v) is 3.91. The summed E-state index contributed by atoms with van der Waals surface area (Å²) in [5, 5.41) is 18.8. The molecular formula is C16H18N6O2. The highest BCUT2D eigenvalue weighted by Crippen LogP contribution is 2.35. The Hall–Kier alpha value is -2.90. The minimum Gasteiger partial charge on any atom is -0.494 e. The van der Waals surface area contributed by atoms with Gasteiger partial charge in [-0.15, -0.1) is 14.8 Å². The van der Waals surface area contributed by atoms with Crippen molar-refractivity contribution in [1.29, 1.82) is 0 Å². The van der Waals surface area contributed by atoms with Crippen LogP contribution in [0.15, 0.2) is 24.3 Å². The van der Waals surface area contributed by atoms with Crippen LogP contribution < -0.4 is 14.8 Å². The summed E-state index contributed by atoms with van der Waals surface area (Å²) in [6.07, 6.45) is 1.13.